The molecule has 104 valence electrons. The van der Waals surface area contributed by atoms with Gasteiger partial charge in [-0.3, -0.25) is 4.79 Å². The Bertz CT molecular complexity index is 427. The highest BCUT2D eigenvalue weighted by atomic mass is 35.5. The molecule has 2 rings (SSSR count). The fraction of sp³-hybridized carbons (Fsp3) is 0.500. The van der Waals surface area contributed by atoms with Gasteiger partial charge in [-0.2, -0.15) is 0 Å². The molecule has 0 saturated carbocycles. The monoisotopic (exact) mass is 281 g/mol. The smallest absolute Gasteiger partial charge is 0.233 e. The SMILES string of the molecule is NCC(=O)NCC1(Cc2ccc(Cl)cc2)CCNC1. The second-order valence-electron chi connectivity index (χ2n) is 5.21. The highest BCUT2D eigenvalue weighted by Gasteiger charge is 2.34. The van der Waals surface area contributed by atoms with Crippen molar-refractivity contribution in [2.45, 2.75) is 12.8 Å². The molecule has 1 aromatic rings. The van der Waals surface area contributed by atoms with Crippen molar-refractivity contribution in [3.05, 3.63) is 34.9 Å². The highest BCUT2D eigenvalue weighted by molar-refractivity contribution is 6.30. The molecule has 1 aliphatic rings. The molecule has 1 aliphatic heterocycles. The molecule has 0 radical (unpaired) electrons. The van der Waals surface area contributed by atoms with E-state index in [0.29, 0.717) is 6.54 Å². The Morgan fingerprint density at radius 3 is 2.74 bits per heavy atom. The van der Waals surface area contributed by atoms with Crippen molar-refractivity contribution in [2.24, 2.45) is 11.1 Å². The summed E-state index contributed by atoms with van der Waals surface area (Å²) in [5, 5.41) is 7.04. The summed E-state index contributed by atoms with van der Waals surface area (Å²) in [6, 6.07) is 7.91. The summed E-state index contributed by atoms with van der Waals surface area (Å²) in [5.74, 6) is -0.0950. The number of amides is 1. The van der Waals surface area contributed by atoms with Crippen LogP contribution in [-0.2, 0) is 11.2 Å². The molecule has 1 aromatic carbocycles. The van der Waals surface area contributed by atoms with Crippen molar-refractivity contribution >= 4 is 17.5 Å². The van der Waals surface area contributed by atoms with Gasteiger partial charge >= 0.3 is 0 Å². The molecule has 1 fully saturated rings. The molecule has 5 heteroatoms. The molecular weight excluding hydrogens is 262 g/mol. The molecule has 1 saturated heterocycles. The maximum Gasteiger partial charge on any atom is 0.233 e. The van der Waals surface area contributed by atoms with Crippen molar-refractivity contribution in [1.82, 2.24) is 10.6 Å². The van der Waals surface area contributed by atoms with Crippen molar-refractivity contribution in [3.63, 3.8) is 0 Å². The average Bonchev–Trinajstić information content (AvgIpc) is 2.88. The average molecular weight is 282 g/mol. The predicted octanol–water partition coefficient (Wildman–Crippen LogP) is 0.937. The van der Waals surface area contributed by atoms with E-state index in [4.69, 9.17) is 17.3 Å². The van der Waals surface area contributed by atoms with Crippen LogP contribution in [0.1, 0.15) is 12.0 Å². The molecular formula is C14H20ClN3O. The molecule has 1 amide bonds. The van der Waals surface area contributed by atoms with Crippen molar-refractivity contribution in [3.8, 4) is 0 Å². The van der Waals surface area contributed by atoms with Crippen LogP contribution in [0.2, 0.25) is 5.02 Å². The Morgan fingerprint density at radius 1 is 1.42 bits per heavy atom. The van der Waals surface area contributed by atoms with Crippen LogP contribution < -0.4 is 16.4 Å². The van der Waals surface area contributed by atoms with E-state index < -0.39 is 0 Å². The van der Waals surface area contributed by atoms with E-state index in [1.54, 1.807) is 0 Å². The minimum atomic E-state index is -0.0950. The van der Waals surface area contributed by atoms with Gasteiger partial charge in [0.15, 0.2) is 0 Å². The van der Waals surface area contributed by atoms with Gasteiger partial charge in [0.1, 0.15) is 0 Å². The van der Waals surface area contributed by atoms with Crippen LogP contribution in [0.5, 0.6) is 0 Å². The number of nitrogens with one attached hydrogen (secondary N) is 2. The van der Waals surface area contributed by atoms with Crippen molar-refractivity contribution in [1.29, 1.82) is 0 Å². The second kappa shape index (κ2) is 6.37. The van der Waals surface area contributed by atoms with E-state index in [9.17, 15) is 4.79 Å². The van der Waals surface area contributed by atoms with Crippen LogP contribution in [0.3, 0.4) is 0 Å². The first-order chi connectivity index (χ1) is 9.13. The van der Waals surface area contributed by atoms with E-state index in [0.717, 1.165) is 31.0 Å². The van der Waals surface area contributed by atoms with Gasteiger partial charge in [0.05, 0.1) is 6.54 Å². The largest absolute Gasteiger partial charge is 0.354 e. The number of benzene rings is 1. The van der Waals surface area contributed by atoms with E-state index in [2.05, 4.69) is 10.6 Å². The number of carbonyl (C=O) groups is 1. The summed E-state index contributed by atoms with van der Waals surface area (Å²) < 4.78 is 0. The minimum Gasteiger partial charge on any atom is -0.354 e. The Morgan fingerprint density at radius 2 is 2.16 bits per heavy atom. The Kier molecular flexibility index (Phi) is 4.80. The maximum absolute atomic E-state index is 11.3. The summed E-state index contributed by atoms with van der Waals surface area (Å²) in [7, 11) is 0. The van der Waals surface area contributed by atoms with Crippen LogP contribution in [0.4, 0.5) is 0 Å². The zero-order chi connectivity index (χ0) is 13.7. The van der Waals surface area contributed by atoms with E-state index in [-0.39, 0.29) is 17.9 Å². The lowest BCUT2D eigenvalue weighted by molar-refractivity contribution is -0.120. The first kappa shape index (κ1) is 14.3. The Hall–Kier alpha value is -1.10. The molecule has 1 atom stereocenters. The van der Waals surface area contributed by atoms with Crippen molar-refractivity contribution in [2.75, 3.05) is 26.2 Å². The molecule has 4 N–H and O–H groups in total. The van der Waals surface area contributed by atoms with Gasteiger partial charge in [0.25, 0.3) is 0 Å². The quantitative estimate of drug-likeness (QED) is 0.752. The summed E-state index contributed by atoms with van der Waals surface area (Å²) in [6.45, 7) is 2.62. The first-order valence-electron chi connectivity index (χ1n) is 6.55. The van der Waals surface area contributed by atoms with Gasteiger partial charge in [0.2, 0.25) is 5.91 Å². The summed E-state index contributed by atoms with van der Waals surface area (Å²) in [5.41, 5.74) is 6.65. The van der Waals surface area contributed by atoms with Gasteiger partial charge in [-0.15, -0.1) is 0 Å². The maximum atomic E-state index is 11.3. The van der Waals surface area contributed by atoms with Crippen LogP contribution >= 0.6 is 11.6 Å². The fourth-order valence-electron chi connectivity index (χ4n) is 2.55. The third-order valence-corrected chi connectivity index (χ3v) is 3.92. The van der Waals surface area contributed by atoms with Gasteiger partial charge in [-0.25, -0.2) is 0 Å². The predicted molar refractivity (Wildman–Crippen MR) is 77.1 cm³/mol. The molecule has 1 heterocycles. The molecule has 4 nitrogen and oxygen atoms in total. The van der Waals surface area contributed by atoms with Gasteiger partial charge in [0, 0.05) is 23.5 Å². The highest BCUT2D eigenvalue weighted by Crippen LogP contribution is 2.29. The van der Waals surface area contributed by atoms with Gasteiger partial charge in [-0.1, -0.05) is 23.7 Å². The third-order valence-electron chi connectivity index (χ3n) is 3.67. The zero-order valence-electron chi connectivity index (χ0n) is 10.9. The molecule has 19 heavy (non-hydrogen) atoms. The van der Waals surface area contributed by atoms with Crippen LogP contribution in [0, 0.1) is 5.41 Å². The normalized spacial score (nSPS) is 22.4. The fourth-order valence-corrected chi connectivity index (χ4v) is 2.68. The molecule has 0 aliphatic carbocycles. The number of hydrogen-bond acceptors (Lipinski definition) is 3. The van der Waals surface area contributed by atoms with Crippen LogP contribution in [0.25, 0.3) is 0 Å². The molecule has 0 bridgehead atoms. The van der Waals surface area contributed by atoms with Crippen LogP contribution in [-0.4, -0.2) is 32.1 Å². The lowest BCUT2D eigenvalue weighted by Gasteiger charge is -2.28. The van der Waals surface area contributed by atoms with E-state index in [1.807, 2.05) is 24.3 Å². The number of carbonyl (C=O) groups excluding carboxylic acids is 1. The minimum absolute atomic E-state index is 0.0461. The topological polar surface area (TPSA) is 67.2 Å². The summed E-state index contributed by atoms with van der Waals surface area (Å²) in [4.78, 5) is 11.3. The number of rotatable bonds is 5. The zero-order valence-corrected chi connectivity index (χ0v) is 11.7. The molecule has 1 unspecified atom stereocenters. The number of halogens is 1. The van der Waals surface area contributed by atoms with Crippen molar-refractivity contribution < 1.29 is 4.79 Å². The lowest BCUT2D eigenvalue weighted by atomic mass is 9.80. The van der Waals surface area contributed by atoms with E-state index in [1.165, 1.54) is 5.56 Å². The summed E-state index contributed by atoms with van der Waals surface area (Å²) >= 11 is 5.90. The number of nitrogens with two attached hydrogens (primary N) is 1. The summed E-state index contributed by atoms with van der Waals surface area (Å²) in [6.07, 6.45) is 1.99. The molecule has 0 spiro atoms. The second-order valence-corrected chi connectivity index (χ2v) is 5.65. The first-order valence-corrected chi connectivity index (χ1v) is 6.93. The lowest BCUT2D eigenvalue weighted by Crippen LogP contribution is -2.42. The Balaban J connectivity index is 2.02. The van der Waals surface area contributed by atoms with Gasteiger partial charge < -0.3 is 16.4 Å². The van der Waals surface area contributed by atoms with Crippen LogP contribution in [0.15, 0.2) is 24.3 Å². The van der Waals surface area contributed by atoms with Gasteiger partial charge in [-0.05, 0) is 37.1 Å². The third kappa shape index (κ3) is 3.93. The standard InChI is InChI=1S/C14H20ClN3O/c15-12-3-1-11(2-4-12)7-14(5-6-17-9-14)10-18-13(19)8-16/h1-4,17H,5-10,16H2,(H,18,19). The Labute approximate surface area is 118 Å². The molecule has 0 aromatic heterocycles. The number of hydrogen-bond donors (Lipinski definition) is 3. The van der Waals surface area contributed by atoms with E-state index >= 15 is 0 Å².